The average molecular weight is 207 g/mol. The Morgan fingerprint density at radius 3 is 2.60 bits per heavy atom. The van der Waals surface area contributed by atoms with Gasteiger partial charge in [0.05, 0.1) is 6.07 Å². The number of phenolic OH excluding ortho intramolecular Hbond substituents is 1. The molecule has 15 heavy (non-hydrogen) atoms. The monoisotopic (exact) mass is 207 g/mol. The second-order valence-electron chi connectivity index (χ2n) is 2.95. The van der Waals surface area contributed by atoms with Crippen LogP contribution in [0.15, 0.2) is 18.2 Å². The molecule has 5 nitrogen and oxygen atoms in total. The van der Waals surface area contributed by atoms with Gasteiger partial charge in [0.2, 0.25) is 0 Å². The molecule has 0 aromatic heterocycles. The van der Waals surface area contributed by atoms with Crippen LogP contribution in [-0.2, 0) is 0 Å². The van der Waals surface area contributed by atoms with Crippen molar-refractivity contribution in [1.29, 1.82) is 5.26 Å². The number of aliphatic hydroxyl groups is 2. The molecule has 78 valence electrons. The number of aromatic hydroxyl groups is 1. The Morgan fingerprint density at radius 2 is 2.07 bits per heavy atom. The van der Waals surface area contributed by atoms with Crippen LogP contribution in [0.5, 0.6) is 5.75 Å². The highest BCUT2D eigenvalue weighted by molar-refractivity contribution is 5.78. The van der Waals surface area contributed by atoms with Gasteiger partial charge < -0.3 is 15.3 Å². The maximum absolute atomic E-state index is 10.6. The molecule has 0 amide bonds. The predicted octanol–water partition coefficient (Wildman–Crippen LogP) is 0.123. The predicted molar refractivity (Wildman–Crippen MR) is 50.1 cm³/mol. The Morgan fingerprint density at radius 1 is 1.40 bits per heavy atom. The summed E-state index contributed by atoms with van der Waals surface area (Å²) in [6.45, 7) is 0. The van der Waals surface area contributed by atoms with Crippen molar-refractivity contribution in [2.45, 2.75) is 12.2 Å². The molecule has 0 saturated carbocycles. The van der Waals surface area contributed by atoms with Crippen LogP contribution >= 0.6 is 0 Å². The number of phenols is 1. The van der Waals surface area contributed by atoms with E-state index in [-0.39, 0.29) is 16.9 Å². The minimum Gasteiger partial charge on any atom is -0.508 e. The van der Waals surface area contributed by atoms with Gasteiger partial charge in [-0.1, -0.05) is 6.07 Å². The zero-order valence-corrected chi connectivity index (χ0v) is 7.66. The van der Waals surface area contributed by atoms with Gasteiger partial charge in [-0.25, -0.2) is 0 Å². The van der Waals surface area contributed by atoms with Gasteiger partial charge in [-0.05, 0) is 17.7 Å². The van der Waals surface area contributed by atoms with Crippen LogP contribution in [0.2, 0.25) is 0 Å². The number of aldehydes is 1. The van der Waals surface area contributed by atoms with E-state index in [2.05, 4.69) is 0 Å². The van der Waals surface area contributed by atoms with Crippen molar-refractivity contribution in [2.75, 3.05) is 0 Å². The summed E-state index contributed by atoms with van der Waals surface area (Å²) in [7, 11) is 0. The Hall–Kier alpha value is -1.90. The average Bonchev–Trinajstić information content (AvgIpc) is 2.26. The van der Waals surface area contributed by atoms with Crippen molar-refractivity contribution in [3.8, 4) is 11.8 Å². The summed E-state index contributed by atoms with van der Waals surface area (Å²) < 4.78 is 0. The fourth-order valence-electron chi connectivity index (χ4n) is 1.17. The van der Waals surface area contributed by atoms with Gasteiger partial charge in [0.15, 0.2) is 12.4 Å². The smallest absolute Gasteiger partial charge is 0.170 e. The molecule has 0 saturated heterocycles. The van der Waals surface area contributed by atoms with Crippen LogP contribution in [0.25, 0.3) is 0 Å². The van der Waals surface area contributed by atoms with E-state index in [1.807, 2.05) is 0 Å². The molecule has 0 spiro atoms. The molecule has 0 fully saturated rings. The highest BCUT2D eigenvalue weighted by atomic mass is 16.3. The highest BCUT2D eigenvalue weighted by Crippen LogP contribution is 2.23. The number of aliphatic hydroxyl groups excluding tert-OH is 2. The van der Waals surface area contributed by atoms with Gasteiger partial charge in [0, 0.05) is 5.56 Å². The topological polar surface area (TPSA) is 102 Å². The van der Waals surface area contributed by atoms with Crippen LogP contribution in [0.4, 0.5) is 0 Å². The maximum atomic E-state index is 10.6. The first-order valence-electron chi connectivity index (χ1n) is 4.14. The van der Waals surface area contributed by atoms with E-state index in [9.17, 15) is 9.90 Å². The lowest BCUT2D eigenvalue weighted by molar-refractivity contribution is 0.0522. The minimum absolute atomic E-state index is 0.0387. The molecule has 2 atom stereocenters. The third-order valence-electron chi connectivity index (χ3n) is 1.95. The molecular formula is C10H9NO4. The van der Waals surface area contributed by atoms with Gasteiger partial charge in [-0.15, -0.1) is 0 Å². The first kappa shape index (κ1) is 11.2. The minimum atomic E-state index is -1.60. The van der Waals surface area contributed by atoms with Gasteiger partial charge in [-0.3, -0.25) is 4.79 Å². The molecule has 1 rings (SSSR count). The molecule has 3 N–H and O–H groups in total. The number of benzene rings is 1. The number of rotatable bonds is 3. The summed E-state index contributed by atoms with van der Waals surface area (Å²) in [5.41, 5.74) is 0.147. The second-order valence-corrected chi connectivity index (χ2v) is 2.95. The van der Waals surface area contributed by atoms with Gasteiger partial charge in [-0.2, -0.15) is 5.26 Å². The lowest BCUT2D eigenvalue weighted by Crippen LogP contribution is -2.17. The number of hydrogen-bond donors (Lipinski definition) is 3. The van der Waals surface area contributed by atoms with Crippen LogP contribution < -0.4 is 0 Å². The molecule has 1 aromatic rings. The summed E-state index contributed by atoms with van der Waals surface area (Å²) in [6, 6.07) is 5.15. The molecule has 0 aliphatic carbocycles. The van der Waals surface area contributed by atoms with E-state index in [4.69, 9.17) is 15.5 Å². The lowest BCUT2D eigenvalue weighted by Gasteiger charge is -2.13. The summed E-state index contributed by atoms with van der Waals surface area (Å²) in [5, 5.41) is 36.0. The van der Waals surface area contributed by atoms with Crippen molar-refractivity contribution in [2.24, 2.45) is 0 Å². The first-order valence-corrected chi connectivity index (χ1v) is 4.14. The summed E-state index contributed by atoms with van der Waals surface area (Å²) in [6.07, 6.45) is -2.63. The van der Waals surface area contributed by atoms with E-state index >= 15 is 0 Å². The molecule has 1 aromatic carbocycles. The molecule has 5 heteroatoms. The molecule has 2 unspecified atom stereocenters. The quantitative estimate of drug-likeness (QED) is 0.482. The van der Waals surface area contributed by atoms with Gasteiger partial charge in [0.1, 0.15) is 11.9 Å². The van der Waals surface area contributed by atoms with Gasteiger partial charge in [0.25, 0.3) is 0 Å². The van der Waals surface area contributed by atoms with Crippen LogP contribution in [0.3, 0.4) is 0 Å². The van der Waals surface area contributed by atoms with Crippen molar-refractivity contribution in [1.82, 2.24) is 0 Å². The maximum Gasteiger partial charge on any atom is 0.170 e. The summed E-state index contributed by atoms with van der Waals surface area (Å²) in [4.78, 5) is 10.6. The zero-order valence-electron chi connectivity index (χ0n) is 7.66. The number of carbonyl (C=O) groups is 1. The number of nitriles is 1. The van der Waals surface area contributed by atoms with E-state index in [1.54, 1.807) is 0 Å². The van der Waals surface area contributed by atoms with Crippen LogP contribution in [0, 0.1) is 11.3 Å². The molecule has 0 radical (unpaired) electrons. The summed E-state index contributed by atoms with van der Waals surface area (Å²) >= 11 is 0. The zero-order chi connectivity index (χ0) is 11.4. The second kappa shape index (κ2) is 4.55. The lowest BCUT2D eigenvalue weighted by atomic mass is 9.99. The van der Waals surface area contributed by atoms with Crippen molar-refractivity contribution >= 4 is 6.29 Å². The van der Waals surface area contributed by atoms with E-state index in [0.717, 1.165) is 6.07 Å². The first-order chi connectivity index (χ1) is 7.10. The SMILES string of the molecule is N#CC(O)C(O)c1ccc(O)cc1C=O. The Labute approximate surface area is 85.8 Å². The summed E-state index contributed by atoms with van der Waals surface area (Å²) in [5.74, 6) is -0.125. The van der Waals surface area contributed by atoms with E-state index < -0.39 is 12.2 Å². The van der Waals surface area contributed by atoms with Crippen LogP contribution in [0.1, 0.15) is 22.0 Å². The van der Waals surface area contributed by atoms with Crippen molar-refractivity contribution in [3.63, 3.8) is 0 Å². The number of nitrogens with zero attached hydrogens (tertiary/aromatic N) is 1. The van der Waals surface area contributed by atoms with Crippen molar-refractivity contribution < 1.29 is 20.1 Å². The standard InChI is InChI=1S/C10H9NO4/c11-4-9(14)10(15)8-2-1-7(13)3-6(8)5-12/h1-3,5,9-10,13-15H. The Bertz CT molecular complexity index is 410. The normalized spacial score (nSPS) is 13.9. The van der Waals surface area contributed by atoms with E-state index in [0.29, 0.717) is 6.29 Å². The van der Waals surface area contributed by atoms with Crippen molar-refractivity contribution in [3.05, 3.63) is 29.3 Å². The number of carbonyl (C=O) groups excluding carboxylic acids is 1. The highest BCUT2D eigenvalue weighted by Gasteiger charge is 2.20. The molecule has 0 bridgehead atoms. The molecular weight excluding hydrogens is 198 g/mol. The van der Waals surface area contributed by atoms with Crippen LogP contribution in [-0.4, -0.2) is 27.7 Å². The third kappa shape index (κ3) is 2.31. The fourth-order valence-corrected chi connectivity index (χ4v) is 1.17. The molecule has 0 heterocycles. The fraction of sp³-hybridized carbons (Fsp3) is 0.200. The Kier molecular flexibility index (Phi) is 3.39. The Balaban J connectivity index is 3.14. The molecule has 0 aliphatic heterocycles. The molecule has 0 aliphatic rings. The van der Waals surface area contributed by atoms with Gasteiger partial charge >= 0.3 is 0 Å². The third-order valence-corrected chi connectivity index (χ3v) is 1.95. The largest absolute Gasteiger partial charge is 0.508 e. The van der Waals surface area contributed by atoms with E-state index in [1.165, 1.54) is 18.2 Å². The number of hydrogen-bond acceptors (Lipinski definition) is 5.